The van der Waals surface area contributed by atoms with Crippen molar-refractivity contribution in [1.29, 1.82) is 0 Å². The molecule has 1 unspecified atom stereocenters. The van der Waals surface area contributed by atoms with Crippen molar-refractivity contribution in [2.24, 2.45) is 0 Å². The molecular formula is C11H19N3O3S. The Balaban J connectivity index is 2.04. The van der Waals surface area contributed by atoms with Crippen molar-refractivity contribution in [2.75, 3.05) is 19.7 Å². The summed E-state index contributed by atoms with van der Waals surface area (Å²) in [7, 11) is -3.44. The van der Waals surface area contributed by atoms with Gasteiger partial charge in [0.1, 0.15) is 0 Å². The van der Waals surface area contributed by atoms with Crippen LogP contribution in [0.5, 0.6) is 0 Å². The minimum atomic E-state index is -3.44. The first kappa shape index (κ1) is 13.5. The highest BCUT2D eigenvalue weighted by atomic mass is 32.2. The van der Waals surface area contributed by atoms with Crippen molar-refractivity contribution in [2.45, 2.75) is 37.3 Å². The molecule has 0 amide bonds. The third-order valence-corrected chi connectivity index (χ3v) is 4.79. The second-order valence-electron chi connectivity index (χ2n) is 4.42. The number of hydrogen-bond donors (Lipinski definition) is 1. The highest BCUT2D eigenvalue weighted by Crippen LogP contribution is 2.20. The zero-order valence-electron chi connectivity index (χ0n) is 10.5. The number of hydrogen-bond acceptors (Lipinski definition) is 4. The van der Waals surface area contributed by atoms with Gasteiger partial charge < -0.3 is 4.74 Å². The van der Waals surface area contributed by atoms with E-state index >= 15 is 0 Å². The lowest BCUT2D eigenvalue weighted by molar-refractivity contribution is 0.0193. The molecule has 0 spiro atoms. The number of nitrogens with one attached hydrogen (secondary N) is 1. The van der Waals surface area contributed by atoms with Gasteiger partial charge in [0.2, 0.25) is 0 Å². The maximum absolute atomic E-state index is 12.3. The molecule has 18 heavy (non-hydrogen) atoms. The molecule has 0 aliphatic carbocycles. The summed E-state index contributed by atoms with van der Waals surface area (Å²) >= 11 is 0. The molecule has 1 aromatic rings. The second-order valence-corrected chi connectivity index (χ2v) is 6.33. The molecule has 0 aromatic carbocycles. The van der Waals surface area contributed by atoms with Gasteiger partial charge >= 0.3 is 0 Å². The minimum Gasteiger partial charge on any atom is -0.377 e. The lowest BCUT2D eigenvalue weighted by Crippen LogP contribution is -2.43. The molecule has 1 atom stereocenters. The fourth-order valence-electron chi connectivity index (χ4n) is 2.07. The van der Waals surface area contributed by atoms with Crippen LogP contribution >= 0.6 is 0 Å². The van der Waals surface area contributed by atoms with E-state index in [-0.39, 0.29) is 11.1 Å². The minimum absolute atomic E-state index is 0.0106. The topological polar surface area (TPSA) is 75.3 Å². The first-order chi connectivity index (χ1) is 8.64. The second kappa shape index (κ2) is 5.81. The van der Waals surface area contributed by atoms with Crippen LogP contribution in [-0.4, -0.2) is 48.7 Å². The normalized spacial score (nSPS) is 22.2. The molecule has 7 heteroatoms. The predicted octanol–water partition coefficient (Wildman–Crippen LogP) is 0.989. The molecule has 1 aliphatic rings. The Kier molecular flexibility index (Phi) is 4.36. The molecule has 1 saturated heterocycles. The van der Waals surface area contributed by atoms with Gasteiger partial charge in [-0.25, -0.2) is 8.42 Å². The first-order valence-electron chi connectivity index (χ1n) is 6.25. The zero-order valence-corrected chi connectivity index (χ0v) is 11.3. The summed E-state index contributed by atoms with van der Waals surface area (Å²) in [6.45, 7) is 3.71. The third kappa shape index (κ3) is 2.90. The molecule has 1 aromatic heterocycles. The van der Waals surface area contributed by atoms with Gasteiger partial charge in [0, 0.05) is 19.7 Å². The van der Waals surface area contributed by atoms with Crippen molar-refractivity contribution in [3.05, 3.63) is 12.3 Å². The molecule has 2 heterocycles. The maximum Gasteiger partial charge on any atom is 0.260 e. The fourth-order valence-corrected chi connectivity index (χ4v) is 3.48. The SMILES string of the molecule is CCCOC1CCCN(S(=O)(=O)c2ccn[nH]2)C1. The lowest BCUT2D eigenvalue weighted by atomic mass is 10.1. The zero-order chi connectivity index (χ0) is 13.0. The van der Waals surface area contributed by atoms with E-state index < -0.39 is 10.0 Å². The fraction of sp³-hybridized carbons (Fsp3) is 0.727. The van der Waals surface area contributed by atoms with Gasteiger partial charge in [-0.3, -0.25) is 5.10 Å². The highest BCUT2D eigenvalue weighted by molar-refractivity contribution is 7.89. The Bertz CT molecular complexity index is 458. The van der Waals surface area contributed by atoms with E-state index in [2.05, 4.69) is 10.2 Å². The summed E-state index contributed by atoms with van der Waals surface area (Å²) in [5, 5.41) is 6.35. The molecule has 0 radical (unpaired) electrons. The Labute approximate surface area is 107 Å². The van der Waals surface area contributed by atoms with Crippen LogP contribution in [0.15, 0.2) is 17.3 Å². The van der Waals surface area contributed by atoms with Gasteiger partial charge in [0.15, 0.2) is 5.03 Å². The first-order valence-corrected chi connectivity index (χ1v) is 7.69. The third-order valence-electron chi connectivity index (χ3n) is 2.99. The van der Waals surface area contributed by atoms with Crippen LogP contribution in [0.3, 0.4) is 0 Å². The van der Waals surface area contributed by atoms with E-state index in [1.54, 1.807) is 0 Å². The van der Waals surface area contributed by atoms with E-state index in [0.29, 0.717) is 19.7 Å². The summed E-state index contributed by atoms with van der Waals surface area (Å²) in [4.78, 5) is 0. The van der Waals surface area contributed by atoms with Gasteiger partial charge in [-0.1, -0.05) is 6.92 Å². The molecule has 1 aliphatic heterocycles. The van der Waals surface area contributed by atoms with Crippen molar-refractivity contribution in [3.63, 3.8) is 0 Å². The van der Waals surface area contributed by atoms with Gasteiger partial charge in [-0.2, -0.15) is 9.40 Å². The number of rotatable bonds is 5. The van der Waals surface area contributed by atoms with E-state index in [1.165, 1.54) is 16.6 Å². The van der Waals surface area contributed by atoms with Crippen LogP contribution < -0.4 is 0 Å². The van der Waals surface area contributed by atoms with Gasteiger partial charge in [-0.15, -0.1) is 0 Å². The summed E-state index contributed by atoms with van der Waals surface area (Å²) in [5.74, 6) is 0. The van der Waals surface area contributed by atoms with Crippen molar-refractivity contribution < 1.29 is 13.2 Å². The molecule has 2 rings (SSSR count). The summed E-state index contributed by atoms with van der Waals surface area (Å²) < 4.78 is 31.7. The highest BCUT2D eigenvalue weighted by Gasteiger charge is 2.31. The van der Waals surface area contributed by atoms with Crippen molar-refractivity contribution in [1.82, 2.24) is 14.5 Å². The molecule has 0 saturated carbocycles. The number of aromatic amines is 1. The Morgan fingerprint density at radius 2 is 2.44 bits per heavy atom. The number of H-pyrrole nitrogens is 1. The van der Waals surface area contributed by atoms with Crippen LogP contribution in [-0.2, 0) is 14.8 Å². The van der Waals surface area contributed by atoms with Crippen molar-refractivity contribution >= 4 is 10.0 Å². The van der Waals surface area contributed by atoms with Crippen LogP contribution in [0.4, 0.5) is 0 Å². The van der Waals surface area contributed by atoms with Crippen molar-refractivity contribution in [3.8, 4) is 0 Å². The molecule has 102 valence electrons. The van der Waals surface area contributed by atoms with Crippen LogP contribution in [0.25, 0.3) is 0 Å². The molecule has 1 fully saturated rings. The van der Waals surface area contributed by atoms with Crippen LogP contribution in [0.2, 0.25) is 0 Å². The number of piperidine rings is 1. The standard InChI is InChI=1S/C11H19N3O3S/c1-2-8-17-10-4-3-7-14(9-10)18(15,16)11-5-6-12-13-11/h5-6,10H,2-4,7-9H2,1H3,(H,12,13). The van der Waals surface area contributed by atoms with Crippen LogP contribution in [0, 0.1) is 0 Å². The number of ether oxygens (including phenoxy) is 1. The van der Waals surface area contributed by atoms with Crippen LogP contribution in [0.1, 0.15) is 26.2 Å². The Morgan fingerprint density at radius 3 is 3.11 bits per heavy atom. The summed E-state index contributed by atoms with van der Waals surface area (Å²) in [6, 6.07) is 1.48. The van der Waals surface area contributed by atoms with E-state index in [1.807, 2.05) is 6.92 Å². The largest absolute Gasteiger partial charge is 0.377 e. The molecule has 0 bridgehead atoms. The predicted molar refractivity (Wildman–Crippen MR) is 66.6 cm³/mol. The smallest absolute Gasteiger partial charge is 0.260 e. The van der Waals surface area contributed by atoms with Gasteiger partial charge in [-0.05, 0) is 25.3 Å². The lowest BCUT2D eigenvalue weighted by Gasteiger charge is -2.31. The average molecular weight is 273 g/mol. The quantitative estimate of drug-likeness (QED) is 0.868. The maximum atomic E-state index is 12.3. The Hall–Kier alpha value is -0.920. The van der Waals surface area contributed by atoms with Gasteiger partial charge in [0.05, 0.1) is 12.3 Å². The van der Waals surface area contributed by atoms with E-state index in [9.17, 15) is 8.42 Å². The summed E-state index contributed by atoms with van der Waals surface area (Å²) in [5.41, 5.74) is 0. The number of nitrogens with zero attached hydrogens (tertiary/aromatic N) is 2. The molecule has 1 N–H and O–H groups in total. The number of aromatic nitrogens is 2. The summed E-state index contributed by atoms with van der Waals surface area (Å²) in [6.07, 6.45) is 4.17. The van der Waals surface area contributed by atoms with E-state index in [4.69, 9.17) is 4.74 Å². The molecule has 6 nitrogen and oxygen atoms in total. The Morgan fingerprint density at radius 1 is 1.61 bits per heavy atom. The average Bonchev–Trinajstić information content (AvgIpc) is 2.91. The van der Waals surface area contributed by atoms with E-state index in [0.717, 1.165) is 19.3 Å². The molecular weight excluding hydrogens is 254 g/mol. The number of sulfonamides is 1. The van der Waals surface area contributed by atoms with Gasteiger partial charge in [0.25, 0.3) is 10.0 Å². The monoisotopic (exact) mass is 273 g/mol.